The van der Waals surface area contributed by atoms with Crippen LogP contribution in [-0.2, 0) is 9.53 Å². The van der Waals surface area contributed by atoms with Crippen molar-refractivity contribution in [2.45, 2.75) is 26.2 Å². The Hall–Kier alpha value is -1.90. The summed E-state index contributed by atoms with van der Waals surface area (Å²) in [5.41, 5.74) is 0.633. The van der Waals surface area contributed by atoms with Crippen LogP contribution in [0.2, 0.25) is 0 Å². The molecule has 0 aliphatic carbocycles. The van der Waals surface area contributed by atoms with Crippen LogP contribution in [0.1, 0.15) is 31.7 Å². The quantitative estimate of drug-likeness (QED) is 0.599. The van der Waals surface area contributed by atoms with Crippen molar-refractivity contribution < 1.29 is 19.0 Å². The highest BCUT2D eigenvalue weighted by atomic mass is 19.1. The molecule has 0 saturated heterocycles. The van der Waals surface area contributed by atoms with E-state index in [1.165, 1.54) is 12.1 Å². The monoisotopic (exact) mass is 293 g/mol. The fraction of sp³-hybridized carbons (Fsp3) is 0.438. The van der Waals surface area contributed by atoms with E-state index in [0.29, 0.717) is 25.3 Å². The second-order valence-electron chi connectivity index (χ2n) is 4.38. The van der Waals surface area contributed by atoms with Gasteiger partial charge in [-0.15, -0.1) is 0 Å². The summed E-state index contributed by atoms with van der Waals surface area (Å²) in [6.45, 7) is 2.92. The number of halogens is 1. The van der Waals surface area contributed by atoms with Crippen LogP contribution in [0.5, 0.6) is 0 Å². The van der Waals surface area contributed by atoms with Crippen LogP contribution in [-0.4, -0.2) is 30.8 Å². The average molecular weight is 293 g/mol. The Bertz CT molecular complexity index is 520. The smallest absolute Gasteiger partial charge is 0.226 e. The van der Waals surface area contributed by atoms with Gasteiger partial charge in [0, 0.05) is 18.7 Å². The van der Waals surface area contributed by atoms with Crippen LogP contribution in [0.4, 0.5) is 10.1 Å². The van der Waals surface area contributed by atoms with E-state index in [0.717, 1.165) is 6.42 Å². The molecule has 1 aromatic carbocycles. The summed E-state index contributed by atoms with van der Waals surface area (Å²) >= 11 is 0. The molecule has 4 nitrogen and oxygen atoms in total. The third-order valence-corrected chi connectivity index (χ3v) is 2.53. The maximum absolute atomic E-state index is 13.7. The second-order valence-corrected chi connectivity index (χ2v) is 4.38. The molecule has 0 fully saturated rings. The van der Waals surface area contributed by atoms with E-state index in [1.54, 1.807) is 6.07 Å². The number of benzene rings is 1. The molecule has 1 rings (SSSR count). The summed E-state index contributed by atoms with van der Waals surface area (Å²) in [5.74, 6) is 4.56. The van der Waals surface area contributed by atoms with Crippen molar-refractivity contribution in [1.29, 1.82) is 0 Å². The number of aliphatic hydroxyl groups excluding tert-OH is 1. The predicted octanol–water partition coefficient (Wildman–Crippen LogP) is 2.31. The molecular formula is C16H20FNO3. The van der Waals surface area contributed by atoms with E-state index in [2.05, 4.69) is 17.2 Å². The van der Waals surface area contributed by atoms with Crippen LogP contribution >= 0.6 is 0 Å². The molecule has 2 N–H and O–H groups in total. The fourth-order valence-corrected chi connectivity index (χ4v) is 1.54. The lowest BCUT2D eigenvalue weighted by Crippen LogP contribution is -2.14. The molecule has 0 aromatic heterocycles. The number of ether oxygens (including phenoxy) is 1. The van der Waals surface area contributed by atoms with Crippen LogP contribution in [0, 0.1) is 17.7 Å². The van der Waals surface area contributed by atoms with E-state index in [9.17, 15) is 9.18 Å². The summed E-state index contributed by atoms with van der Waals surface area (Å²) in [7, 11) is 0. The SMILES string of the molecule is CCCOCCC(=O)Nc1ccc(C#CCCO)c(F)c1. The molecule has 0 spiro atoms. The van der Waals surface area contributed by atoms with Gasteiger partial charge in [-0.2, -0.15) is 0 Å². The number of carbonyl (C=O) groups is 1. The van der Waals surface area contributed by atoms with Gasteiger partial charge >= 0.3 is 0 Å². The summed E-state index contributed by atoms with van der Waals surface area (Å²) in [6.07, 6.45) is 1.45. The van der Waals surface area contributed by atoms with E-state index in [4.69, 9.17) is 9.84 Å². The normalized spacial score (nSPS) is 9.86. The van der Waals surface area contributed by atoms with Crippen LogP contribution < -0.4 is 5.32 Å². The van der Waals surface area contributed by atoms with Gasteiger partial charge in [0.2, 0.25) is 5.91 Å². The molecule has 114 valence electrons. The van der Waals surface area contributed by atoms with Gasteiger partial charge < -0.3 is 15.2 Å². The van der Waals surface area contributed by atoms with E-state index in [1.807, 2.05) is 6.92 Å². The molecular weight excluding hydrogens is 273 g/mol. The molecule has 21 heavy (non-hydrogen) atoms. The Morgan fingerprint density at radius 1 is 1.43 bits per heavy atom. The molecule has 0 radical (unpaired) electrons. The van der Waals surface area contributed by atoms with E-state index < -0.39 is 5.82 Å². The van der Waals surface area contributed by atoms with Crippen LogP contribution in [0.25, 0.3) is 0 Å². The van der Waals surface area contributed by atoms with Crippen molar-refractivity contribution in [3.8, 4) is 11.8 Å². The Kier molecular flexibility index (Phi) is 8.10. The molecule has 0 saturated carbocycles. The fourth-order valence-electron chi connectivity index (χ4n) is 1.54. The number of nitrogens with one attached hydrogen (secondary N) is 1. The van der Waals surface area contributed by atoms with Crippen molar-refractivity contribution in [2.24, 2.45) is 0 Å². The van der Waals surface area contributed by atoms with Gasteiger partial charge in [-0.1, -0.05) is 18.8 Å². The Balaban J connectivity index is 2.52. The molecule has 1 aromatic rings. The molecule has 0 unspecified atom stereocenters. The maximum atomic E-state index is 13.7. The second kappa shape index (κ2) is 9.92. The van der Waals surface area contributed by atoms with Gasteiger partial charge in [0.1, 0.15) is 5.82 Å². The minimum atomic E-state index is -0.500. The zero-order valence-electron chi connectivity index (χ0n) is 12.1. The van der Waals surface area contributed by atoms with Crippen molar-refractivity contribution in [1.82, 2.24) is 0 Å². The van der Waals surface area contributed by atoms with Crippen molar-refractivity contribution in [3.05, 3.63) is 29.6 Å². The number of carbonyl (C=O) groups excluding carboxylic acids is 1. The Labute approximate surface area is 124 Å². The zero-order chi connectivity index (χ0) is 15.5. The molecule has 0 bridgehead atoms. The number of rotatable bonds is 7. The Morgan fingerprint density at radius 3 is 2.90 bits per heavy atom. The lowest BCUT2D eigenvalue weighted by atomic mass is 10.2. The molecule has 0 aliphatic rings. The zero-order valence-corrected chi connectivity index (χ0v) is 12.1. The number of hydrogen-bond acceptors (Lipinski definition) is 3. The van der Waals surface area contributed by atoms with Crippen LogP contribution in [0.3, 0.4) is 0 Å². The van der Waals surface area contributed by atoms with Gasteiger partial charge in [-0.05, 0) is 24.6 Å². The minimum absolute atomic E-state index is 0.0527. The van der Waals surface area contributed by atoms with Crippen LogP contribution in [0.15, 0.2) is 18.2 Å². The first-order valence-electron chi connectivity index (χ1n) is 6.94. The molecule has 0 heterocycles. The highest BCUT2D eigenvalue weighted by Crippen LogP contribution is 2.14. The lowest BCUT2D eigenvalue weighted by molar-refractivity contribution is -0.117. The van der Waals surface area contributed by atoms with Gasteiger partial charge in [0.25, 0.3) is 0 Å². The summed E-state index contributed by atoms with van der Waals surface area (Å²) in [5, 5.41) is 11.2. The first-order chi connectivity index (χ1) is 10.2. The molecule has 0 aliphatic heterocycles. The lowest BCUT2D eigenvalue weighted by Gasteiger charge is -2.06. The first-order valence-corrected chi connectivity index (χ1v) is 6.94. The molecule has 0 atom stereocenters. The molecule has 1 amide bonds. The number of anilines is 1. The number of aliphatic hydroxyl groups is 1. The number of amides is 1. The average Bonchev–Trinajstić information content (AvgIpc) is 2.46. The van der Waals surface area contributed by atoms with Crippen molar-refractivity contribution >= 4 is 11.6 Å². The highest BCUT2D eigenvalue weighted by Gasteiger charge is 2.05. The third kappa shape index (κ3) is 6.89. The Morgan fingerprint density at radius 2 is 2.24 bits per heavy atom. The van der Waals surface area contributed by atoms with E-state index in [-0.39, 0.29) is 24.5 Å². The van der Waals surface area contributed by atoms with Gasteiger partial charge in [-0.25, -0.2) is 4.39 Å². The first kappa shape index (κ1) is 17.2. The van der Waals surface area contributed by atoms with E-state index >= 15 is 0 Å². The van der Waals surface area contributed by atoms with Gasteiger partial charge in [-0.3, -0.25) is 4.79 Å². The standard InChI is InChI=1S/C16H20FNO3/c1-2-10-21-11-8-16(20)18-14-7-6-13(15(17)12-14)5-3-4-9-19/h6-7,12,19H,2,4,8-11H2,1H3,(H,18,20). The van der Waals surface area contributed by atoms with Gasteiger partial charge in [0.15, 0.2) is 0 Å². The minimum Gasteiger partial charge on any atom is -0.395 e. The highest BCUT2D eigenvalue weighted by molar-refractivity contribution is 5.90. The molecule has 5 heteroatoms. The largest absolute Gasteiger partial charge is 0.395 e. The number of hydrogen-bond donors (Lipinski definition) is 2. The van der Waals surface area contributed by atoms with Crippen molar-refractivity contribution in [3.63, 3.8) is 0 Å². The van der Waals surface area contributed by atoms with Gasteiger partial charge in [0.05, 0.1) is 25.2 Å². The summed E-state index contributed by atoms with van der Waals surface area (Å²) in [6, 6.07) is 4.33. The van der Waals surface area contributed by atoms with Crippen molar-refractivity contribution in [2.75, 3.05) is 25.1 Å². The third-order valence-electron chi connectivity index (χ3n) is 2.53. The summed E-state index contributed by atoms with van der Waals surface area (Å²) < 4.78 is 19.0. The summed E-state index contributed by atoms with van der Waals surface area (Å²) in [4.78, 5) is 11.6. The maximum Gasteiger partial charge on any atom is 0.226 e. The predicted molar refractivity (Wildman–Crippen MR) is 79.3 cm³/mol. The topological polar surface area (TPSA) is 58.6 Å².